The summed E-state index contributed by atoms with van der Waals surface area (Å²) in [5.74, 6) is 1.82. The first-order valence-electron chi connectivity index (χ1n) is 7.18. The van der Waals surface area contributed by atoms with Crippen LogP contribution >= 0.6 is 0 Å². The third-order valence-corrected chi connectivity index (χ3v) is 2.66. The first-order chi connectivity index (χ1) is 9.22. The minimum absolute atomic E-state index is 0.463. The van der Waals surface area contributed by atoms with Crippen molar-refractivity contribution in [3.8, 4) is 0 Å². The highest BCUT2D eigenvalue weighted by molar-refractivity contribution is 5.06. The van der Waals surface area contributed by atoms with Gasteiger partial charge in [-0.3, -0.25) is 0 Å². The van der Waals surface area contributed by atoms with Crippen molar-refractivity contribution < 1.29 is 13.9 Å². The van der Waals surface area contributed by atoms with Crippen molar-refractivity contribution >= 4 is 0 Å². The second-order valence-electron chi connectivity index (χ2n) is 4.92. The Labute approximate surface area is 116 Å². The molecule has 4 heteroatoms. The second-order valence-corrected chi connectivity index (χ2v) is 4.92. The van der Waals surface area contributed by atoms with Crippen molar-refractivity contribution in [1.29, 1.82) is 0 Å². The average molecular weight is 269 g/mol. The molecule has 0 spiro atoms. The van der Waals surface area contributed by atoms with Crippen LogP contribution in [0.5, 0.6) is 0 Å². The maximum atomic E-state index is 5.65. The summed E-state index contributed by atoms with van der Waals surface area (Å²) >= 11 is 0. The van der Waals surface area contributed by atoms with E-state index in [1.165, 1.54) is 6.42 Å². The quantitative estimate of drug-likeness (QED) is 0.627. The predicted molar refractivity (Wildman–Crippen MR) is 76.1 cm³/mol. The molecule has 1 N–H and O–H groups in total. The van der Waals surface area contributed by atoms with Crippen molar-refractivity contribution in [2.24, 2.45) is 0 Å². The number of hydrogen-bond donors (Lipinski definition) is 1. The largest absolute Gasteiger partial charge is 0.462 e. The first-order valence-corrected chi connectivity index (χ1v) is 7.18. The molecule has 4 nitrogen and oxygen atoms in total. The lowest BCUT2D eigenvalue weighted by atomic mass is 10.3. The Morgan fingerprint density at radius 3 is 2.58 bits per heavy atom. The van der Waals surface area contributed by atoms with Crippen molar-refractivity contribution in [2.45, 2.75) is 52.8 Å². The van der Waals surface area contributed by atoms with Crippen LogP contribution in [-0.2, 0) is 22.6 Å². The lowest BCUT2D eigenvalue weighted by Crippen LogP contribution is -2.21. The van der Waals surface area contributed by atoms with Crippen molar-refractivity contribution in [1.82, 2.24) is 5.32 Å². The third-order valence-electron chi connectivity index (χ3n) is 2.66. The molecule has 0 fully saturated rings. The Bertz CT molecular complexity index is 323. The number of rotatable bonds is 11. The number of furan rings is 1. The van der Waals surface area contributed by atoms with Gasteiger partial charge in [-0.05, 0) is 18.6 Å². The standard InChI is InChI=1S/C15H27NO3/c1-4-5-8-17-9-10-18-12-15-7-6-14(19-15)11-16-13(2)3/h6-7,13,16H,4-5,8-12H2,1-3H3. The van der Waals surface area contributed by atoms with Gasteiger partial charge in [0, 0.05) is 12.6 Å². The van der Waals surface area contributed by atoms with E-state index in [2.05, 4.69) is 26.1 Å². The van der Waals surface area contributed by atoms with Gasteiger partial charge in [0.1, 0.15) is 18.1 Å². The SMILES string of the molecule is CCCCOCCOCc1ccc(CNC(C)C)o1. The Kier molecular flexibility index (Phi) is 8.54. The molecule has 0 atom stereocenters. The van der Waals surface area contributed by atoms with E-state index >= 15 is 0 Å². The van der Waals surface area contributed by atoms with E-state index in [0.29, 0.717) is 25.9 Å². The van der Waals surface area contributed by atoms with E-state index in [0.717, 1.165) is 31.1 Å². The molecule has 0 aliphatic carbocycles. The minimum atomic E-state index is 0.463. The third kappa shape index (κ3) is 8.03. The van der Waals surface area contributed by atoms with Crippen LogP contribution in [0.25, 0.3) is 0 Å². The fraction of sp³-hybridized carbons (Fsp3) is 0.733. The Hall–Kier alpha value is -0.840. The molecule has 1 aromatic heterocycles. The van der Waals surface area contributed by atoms with Gasteiger partial charge in [0.2, 0.25) is 0 Å². The highest BCUT2D eigenvalue weighted by atomic mass is 16.5. The molecule has 1 rings (SSSR count). The van der Waals surface area contributed by atoms with Crippen LogP contribution in [0.2, 0.25) is 0 Å². The number of nitrogens with one attached hydrogen (secondary N) is 1. The van der Waals surface area contributed by atoms with Gasteiger partial charge in [-0.1, -0.05) is 27.2 Å². The average Bonchev–Trinajstić information content (AvgIpc) is 2.83. The van der Waals surface area contributed by atoms with Gasteiger partial charge in [-0.2, -0.15) is 0 Å². The summed E-state index contributed by atoms with van der Waals surface area (Å²) in [4.78, 5) is 0. The monoisotopic (exact) mass is 269 g/mol. The Morgan fingerprint density at radius 2 is 1.84 bits per heavy atom. The summed E-state index contributed by atoms with van der Waals surface area (Å²) in [6, 6.07) is 4.42. The summed E-state index contributed by atoms with van der Waals surface area (Å²) in [6.07, 6.45) is 2.28. The van der Waals surface area contributed by atoms with Gasteiger partial charge in [0.25, 0.3) is 0 Å². The summed E-state index contributed by atoms with van der Waals surface area (Å²) in [5.41, 5.74) is 0. The fourth-order valence-electron chi connectivity index (χ4n) is 1.54. The van der Waals surface area contributed by atoms with Crippen molar-refractivity contribution in [2.75, 3.05) is 19.8 Å². The molecule has 1 aromatic rings. The molecule has 0 saturated carbocycles. The molecule has 0 amide bonds. The van der Waals surface area contributed by atoms with Gasteiger partial charge < -0.3 is 19.2 Å². The van der Waals surface area contributed by atoms with Crippen molar-refractivity contribution in [3.05, 3.63) is 23.7 Å². The van der Waals surface area contributed by atoms with Gasteiger partial charge in [0.15, 0.2) is 0 Å². The van der Waals surface area contributed by atoms with Crippen LogP contribution in [0.4, 0.5) is 0 Å². The molecule has 0 unspecified atom stereocenters. The molecular weight excluding hydrogens is 242 g/mol. The molecule has 110 valence electrons. The van der Waals surface area contributed by atoms with Gasteiger partial charge >= 0.3 is 0 Å². The van der Waals surface area contributed by atoms with Gasteiger partial charge in [0.05, 0.1) is 19.8 Å². The van der Waals surface area contributed by atoms with Crippen LogP contribution < -0.4 is 5.32 Å². The molecule has 19 heavy (non-hydrogen) atoms. The van der Waals surface area contributed by atoms with Crippen LogP contribution in [0, 0.1) is 0 Å². The maximum absolute atomic E-state index is 5.65. The highest BCUT2D eigenvalue weighted by Crippen LogP contribution is 2.09. The van der Waals surface area contributed by atoms with Crippen LogP contribution in [0.15, 0.2) is 16.5 Å². The number of ether oxygens (including phenoxy) is 2. The summed E-state index contributed by atoms with van der Waals surface area (Å²) in [5, 5.41) is 3.32. The molecule has 0 bridgehead atoms. The molecule has 1 heterocycles. The summed E-state index contributed by atoms with van der Waals surface area (Å²) in [6.45, 7) is 9.76. The second kappa shape index (κ2) is 10.0. The Morgan fingerprint density at radius 1 is 1.11 bits per heavy atom. The zero-order chi connectivity index (χ0) is 13.9. The van der Waals surface area contributed by atoms with E-state index in [1.807, 2.05) is 12.1 Å². The maximum Gasteiger partial charge on any atom is 0.129 e. The lowest BCUT2D eigenvalue weighted by molar-refractivity contribution is 0.0336. The van der Waals surface area contributed by atoms with Gasteiger partial charge in [-0.15, -0.1) is 0 Å². The fourth-order valence-corrected chi connectivity index (χ4v) is 1.54. The lowest BCUT2D eigenvalue weighted by Gasteiger charge is -2.05. The van der Waals surface area contributed by atoms with E-state index in [9.17, 15) is 0 Å². The molecule has 0 radical (unpaired) electrons. The summed E-state index contributed by atoms with van der Waals surface area (Å²) in [7, 11) is 0. The van der Waals surface area contributed by atoms with Crippen LogP contribution in [-0.4, -0.2) is 25.9 Å². The number of hydrogen-bond acceptors (Lipinski definition) is 4. The van der Waals surface area contributed by atoms with Crippen molar-refractivity contribution in [3.63, 3.8) is 0 Å². The van der Waals surface area contributed by atoms with Crippen LogP contribution in [0.1, 0.15) is 45.1 Å². The zero-order valence-electron chi connectivity index (χ0n) is 12.4. The molecule has 0 saturated heterocycles. The van der Waals surface area contributed by atoms with E-state index in [1.54, 1.807) is 0 Å². The van der Waals surface area contributed by atoms with E-state index < -0.39 is 0 Å². The normalized spacial score (nSPS) is 11.4. The van der Waals surface area contributed by atoms with E-state index in [4.69, 9.17) is 13.9 Å². The minimum Gasteiger partial charge on any atom is -0.462 e. The van der Waals surface area contributed by atoms with E-state index in [-0.39, 0.29) is 0 Å². The first kappa shape index (κ1) is 16.2. The zero-order valence-corrected chi connectivity index (χ0v) is 12.4. The number of unbranched alkanes of at least 4 members (excludes halogenated alkanes) is 1. The van der Waals surface area contributed by atoms with Gasteiger partial charge in [-0.25, -0.2) is 0 Å². The molecule has 0 aromatic carbocycles. The topological polar surface area (TPSA) is 43.6 Å². The Balaban J connectivity index is 2.06. The highest BCUT2D eigenvalue weighted by Gasteiger charge is 2.03. The molecule has 0 aliphatic rings. The molecular formula is C15H27NO3. The summed E-state index contributed by atoms with van der Waals surface area (Å²) < 4.78 is 16.6. The van der Waals surface area contributed by atoms with Crippen LogP contribution in [0.3, 0.4) is 0 Å². The smallest absolute Gasteiger partial charge is 0.129 e. The molecule has 0 aliphatic heterocycles. The predicted octanol–water partition coefficient (Wildman–Crippen LogP) is 3.11.